The quantitative estimate of drug-likeness (QED) is 0.669. The molecule has 0 saturated carbocycles. The van der Waals surface area contributed by atoms with Crippen LogP contribution < -0.4 is 10.2 Å². The molecule has 9 heteroatoms. The molecule has 0 aromatic carbocycles. The lowest BCUT2D eigenvalue weighted by Gasteiger charge is -2.29. The van der Waals surface area contributed by atoms with Crippen LogP contribution in [0, 0.1) is 5.92 Å². The highest BCUT2D eigenvalue weighted by atomic mass is 16.5. The molecule has 1 aromatic heterocycles. The minimum absolute atomic E-state index is 0.000194. The van der Waals surface area contributed by atoms with Crippen LogP contribution >= 0.6 is 0 Å². The van der Waals surface area contributed by atoms with Crippen LogP contribution in [0.1, 0.15) is 48.7 Å². The number of anilines is 1. The Morgan fingerprint density at radius 2 is 1.81 bits per heavy atom. The predicted molar refractivity (Wildman–Crippen MR) is 122 cm³/mol. The third-order valence-corrected chi connectivity index (χ3v) is 6.70. The summed E-state index contributed by atoms with van der Waals surface area (Å²) < 4.78 is 5.43. The van der Waals surface area contributed by atoms with Gasteiger partial charge in [-0.25, -0.2) is 9.97 Å². The van der Waals surface area contributed by atoms with E-state index in [4.69, 9.17) is 9.72 Å². The van der Waals surface area contributed by atoms with Crippen LogP contribution in [0.15, 0.2) is 6.20 Å². The molecule has 9 nitrogen and oxygen atoms in total. The topological polar surface area (TPSA) is 90.9 Å². The van der Waals surface area contributed by atoms with Gasteiger partial charge in [0.25, 0.3) is 5.91 Å². The second-order valence-corrected chi connectivity index (χ2v) is 9.19. The highest BCUT2D eigenvalue weighted by Gasteiger charge is 2.25. The number of aromatic nitrogens is 2. The second kappa shape index (κ2) is 11.0. The molecule has 0 bridgehead atoms. The first-order chi connectivity index (χ1) is 15.6. The van der Waals surface area contributed by atoms with E-state index in [0.29, 0.717) is 49.9 Å². The lowest BCUT2D eigenvalue weighted by Crippen LogP contribution is -2.41. The van der Waals surface area contributed by atoms with E-state index in [9.17, 15) is 9.59 Å². The van der Waals surface area contributed by atoms with Gasteiger partial charge in [0.15, 0.2) is 0 Å². The normalized spacial score (nSPS) is 20.5. The first-order valence-electron chi connectivity index (χ1n) is 12.1. The summed E-state index contributed by atoms with van der Waals surface area (Å²) in [6.07, 6.45) is 6.57. The van der Waals surface area contributed by atoms with Crippen LogP contribution in [0.3, 0.4) is 0 Å². The van der Waals surface area contributed by atoms with Crippen molar-refractivity contribution in [3.8, 4) is 0 Å². The van der Waals surface area contributed by atoms with Gasteiger partial charge in [-0.3, -0.25) is 14.5 Å². The Bertz CT molecular complexity index is 784. The van der Waals surface area contributed by atoms with E-state index in [1.165, 1.54) is 0 Å². The van der Waals surface area contributed by atoms with Gasteiger partial charge in [-0.15, -0.1) is 0 Å². The molecule has 0 spiro atoms. The Hall–Kier alpha value is -2.26. The highest BCUT2D eigenvalue weighted by molar-refractivity contribution is 5.95. The Kier molecular flexibility index (Phi) is 7.91. The van der Waals surface area contributed by atoms with E-state index in [1.54, 1.807) is 6.20 Å². The first-order valence-corrected chi connectivity index (χ1v) is 12.1. The molecule has 3 saturated heterocycles. The SMILES string of the molecule is CC1CCN(CC(=O)NCCc2nc(N3CCOCC3)ncc2C(=O)N2CCCC2)CC1. The number of likely N-dealkylation sites (tertiary alicyclic amines) is 2. The number of hydrogen-bond donors (Lipinski definition) is 1. The Morgan fingerprint density at radius 1 is 1.09 bits per heavy atom. The van der Waals surface area contributed by atoms with Crippen molar-refractivity contribution in [1.29, 1.82) is 0 Å². The maximum Gasteiger partial charge on any atom is 0.257 e. The molecule has 0 unspecified atom stereocenters. The Morgan fingerprint density at radius 3 is 2.53 bits per heavy atom. The van der Waals surface area contributed by atoms with E-state index in [1.807, 2.05) is 4.90 Å². The van der Waals surface area contributed by atoms with E-state index in [0.717, 1.165) is 70.9 Å². The summed E-state index contributed by atoms with van der Waals surface area (Å²) in [6.45, 7) is 9.49. The molecule has 1 aromatic rings. The number of carbonyl (C=O) groups excluding carboxylic acids is 2. The molecule has 1 N–H and O–H groups in total. The van der Waals surface area contributed by atoms with Gasteiger partial charge in [0, 0.05) is 45.3 Å². The molecule has 0 radical (unpaired) electrons. The van der Waals surface area contributed by atoms with Gasteiger partial charge in [0.1, 0.15) is 0 Å². The number of morpholine rings is 1. The number of rotatable bonds is 7. The maximum absolute atomic E-state index is 13.1. The molecule has 2 amide bonds. The van der Waals surface area contributed by atoms with Crippen molar-refractivity contribution in [1.82, 2.24) is 25.1 Å². The zero-order chi connectivity index (χ0) is 22.3. The van der Waals surface area contributed by atoms with Crippen molar-refractivity contribution in [2.24, 2.45) is 5.92 Å². The fraction of sp³-hybridized carbons (Fsp3) is 0.739. The van der Waals surface area contributed by atoms with Gasteiger partial charge in [-0.05, 0) is 44.7 Å². The number of ether oxygens (including phenoxy) is 1. The maximum atomic E-state index is 13.1. The van der Waals surface area contributed by atoms with Gasteiger partial charge < -0.3 is 19.9 Å². The third-order valence-electron chi connectivity index (χ3n) is 6.70. The van der Waals surface area contributed by atoms with Crippen LogP contribution in [0.5, 0.6) is 0 Å². The van der Waals surface area contributed by atoms with Gasteiger partial charge in [-0.2, -0.15) is 0 Å². The summed E-state index contributed by atoms with van der Waals surface area (Å²) in [5.41, 5.74) is 1.27. The lowest BCUT2D eigenvalue weighted by molar-refractivity contribution is -0.122. The number of nitrogens with zero attached hydrogens (tertiary/aromatic N) is 5. The Labute approximate surface area is 190 Å². The minimum Gasteiger partial charge on any atom is -0.378 e. The standard InChI is InChI=1S/C23H36N6O3/c1-18-5-10-27(11-6-18)17-21(30)24-7-4-20-19(22(31)28-8-2-3-9-28)16-25-23(26-20)29-12-14-32-15-13-29/h16,18H,2-15,17H2,1H3,(H,24,30). The van der Waals surface area contributed by atoms with Crippen molar-refractivity contribution < 1.29 is 14.3 Å². The molecule has 4 heterocycles. The number of piperidine rings is 1. The van der Waals surface area contributed by atoms with E-state index in [2.05, 4.69) is 27.0 Å². The lowest BCUT2D eigenvalue weighted by atomic mass is 9.99. The average molecular weight is 445 g/mol. The van der Waals surface area contributed by atoms with Crippen LogP contribution in [0.4, 0.5) is 5.95 Å². The fourth-order valence-corrected chi connectivity index (χ4v) is 4.58. The molecule has 3 aliphatic heterocycles. The molecule has 3 fully saturated rings. The summed E-state index contributed by atoms with van der Waals surface area (Å²) >= 11 is 0. The summed E-state index contributed by atoms with van der Waals surface area (Å²) in [4.78, 5) is 41.0. The zero-order valence-electron chi connectivity index (χ0n) is 19.2. The number of amides is 2. The summed E-state index contributed by atoms with van der Waals surface area (Å²) in [5.74, 6) is 1.42. The van der Waals surface area contributed by atoms with Crippen LogP contribution in [-0.2, 0) is 16.0 Å². The van der Waals surface area contributed by atoms with E-state index >= 15 is 0 Å². The molecule has 4 rings (SSSR count). The zero-order valence-corrected chi connectivity index (χ0v) is 19.2. The van der Waals surface area contributed by atoms with Crippen molar-refractivity contribution in [2.45, 2.75) is 39.0 Å². The van der Waals surface area contributed by atoms with Crippen LogP contribution in [0.2, 0.25) is 0 Å². The number of carbonyl (C=O) groups is 2. The predicted octanol–water partition coefficient (Wildman–Crippen LogP) is 0.940. The van der Waals surface area contributed by atoms with Gasteiger partial charge >= 0.3 is 0 Å². The van der Waals surface area contributed by atoms with Gasteiger partial charge in [-0.1, -0.05) is 6.92 Å². The monoisotopic (exact) mass is 444 g/mol. The van der Waals surface area contributed by atoms with Crippen molar-refractivity contribution in [3.63, 3.8) is 0 Å². The second-order valence-electron chi connectivity index (χ2n) is 9.19. The molecule has 32 heavy (non-hydrogen) atoms. The summed E-state index contributed by atoms with van der Waals surface area (Å²) in [6, 6.07) is 0. The van der Waals surface area contributed by atoms with Gasteiger partial charge in [0.2, 0.25) is 11.9 Å². The van der Waals surface area contributed by atoms with Gasteiger partial charge in [0.05, 0.1) is 31.0 Å². The molecule has 176 valence electrons. The fourth-order valence-electron chi connectivity index (χ4n) is 4.58. The van der Waals surface area contributed by atoms with E-state index < -0.39 is 0 Å². The smallest absolute Gasteiger partial charge is 0.257 e. The van der Waals surface area contributed by atoms with Crippen molar-refractivity contribution in [3.05, 3.63) is 17.5 Å². The first kappa shape index (κ1) is 22.9. The van der Waals surface area contributed by atoms with Crippen molar-refractivity contribution >= 4 is 17.8 Å². The third kappa shape index (κ3) is 5.95. The number of nitrogens with one attached hydrogen (secondary N) is 1. The molecule has 3 aliphatic rings. The summed E-state index contributed by atoms with van der Waals surface area (Å²) in [5, 5.41) is 3.02. The largest absolute Gasteiger partial charge is 0.378 e. The average Bonchev–Trinajstić information content (AvgIpc) is 3.36. The number of hydrogen-bond acceptors (Lipinski definition) is 7. The molecular formula is C23H36N6O3. The highest BCUT2D eigenvalue weighted by Crippen LogP contribution is 2.19. The van der Waals surface area contributed by atoms with Crippen LogP contribution in [0.25, 0.3) is 0 Å². The van der Waals surface area contributed by atoms with Crippen LogP contribution in [-0.4, -0.2) is 97.2 Å². The van der Waals surface area contributed by atoms with Crippen molar-refractivity contribution in [2.75, 3.05) is 70.5 Å². The molecule has 0 aliphatic carbocycles. The Balaban J connectivity index is 1.38. The molecule has 0 atom stereocenters. The molecular weight excluding hydrogens is 408 g/mol. The minimum atomic E-state index is -0.000194. The summed E-state index contributed by atoms with van der Waals surface area (Å²) in [7, 11) is 0. The van der Waals surface area contributed by atoms with E-state index in [-0.39, 0.29) is 11.8 Å².